The van der Waals surface area contributed by atoms with E-state index in [2.05, 4.69) is 15.3 Å². The number of imidazole rings is 1. The molecule has 128 valence electrons. The Kier molecular flexibility index (Phi) is 4.46. The Morgan fingerprint density at radius 1 is 1.24 bits per heavy atom. The number of benzene rings is 1. The molecule has 0 saturated heterocycles. The molecule has 5 heteroatoms. The van der Waals surface area contributed by atoms with Crippen molar-refractivity contribution in [2.75, 3.05) is 5.32 Å². The van der Waals surface area contributed by atoms with Crippen molar-refractivity contribution in [3.63, 3.8) is 0 Å². The molecule has 3 aromatic rings. The molecule has 1 saturated carbocycles. The molecule has 1 aliphatic rings. The molecule has 1 amide bonds. The smallest absolute Gasteiger partial charge is 0.234 e. The monoisotopic (exact) mass is 334 g/mol. The summed E-state index contributed by atoms with van der Waals surface area (Å²) >= 11 is 0. The van der Waals surface area contributed by atoms with Crippen LogP contribution in [-0.4, -0.2) is 20.3 Å². The molecule has 0 unspecified atom stereocenters. The van der Waals surface area contributed by atoms with E-state index in [0.29, 0.717) is 12.2 Å². The lowest BCUT2D eigenvalue weighted by atomic mass is 10.0. The lowest BCUT2D eigenvalue weighted by Gasteiger charge is -2.09. The van der Waals surface area contributed by atoms with Gasteiger partial charge in [-0.3, -0.25) is 9.20 Å². The number of aromatic nitrogens is 3. The molecule has 0 spiro atoms. The van der Waals surface area contributed by atoms with Gasteiger partial charge in [0.1, 0.15) is 0 Å². The molecule has 2 aromatic heterocycles. The summed E-state index contributed by atoms with van der Waals surface area (Å²) in [7, 11) is 0. The average Bonchev–Trinajstić information content (AvgIpc) is 3.29. The third kappa shape index (κ3) is 3.71. The predicted octanol–water partition coefficient (Wildman–Crippen LogP) is 4.31. The van der Waals surface area contributed by atoms with E-state index >= 15 is 0 Å². The van der Waals surface area contributed by atoms with Gasteiger partial charge in [-0.15, -0.1) is 0 Å². The fourth-order valence-corrected chi connectivity index (χ4v) is 3.58. The number of anilines is 1. The number of hydrogen-bond donors (Lipinski definition) is 1. The van der Waals surface area contributed by atoms with Crippen LogP contribution < -0.4 is 5.32 Å². The van der Waals surface area contributed by atoms with Crippen molar-refractivity contribution in [1.29, 1.82) is 0 Å². The van der Waals surface area contributed by atoms with Gasteiger partial charge in [0.2, 0.25) is 11.7 Å². The Morgan fingerprint density at radius 3 is 2.96 bits per heavy atom. The predicted molar refractivity (Wildman–Crippen MR) is 98.2 cm³/mol. The van der Waals surface area contributed by atoms with E-state index in [1.165, 1.54) is 25.7 Å². The molecule has 1 aromatic carbocycles. The molecule has 1 fully saturated rings. The number of amides is 1. The lowest BCUT2D eigenvalue weighted by Crippen LogP contribution is -2.12. The highest BCUT2D eigenvalue weighted by Gasteiger charge is 2.16. The van der Waals surface area contributed by atoms with Gasteiger partial charge in [0.15, 0.2) is 0 Å². The first-order valence-corrected chi connectivity index (χ1v) is 8.98. The second-order valence-electron chi connectivity index (χ2n) is 6.77. The first-order chi connectivity index (χ1) is 12.3. The van der Waals surface area contributed by atoms with Crippen LogP contribution in [0, 0.1) is 5.92 Å². The zero-order chi connectivity index (χ0) is 17.1. The van der Waals surface area contributed by atoms with Crippen LogP contribution in [0.2, 0.25) is 0 Å². The van der Waals surface area contributed by atoms with Gasteiger partial charge >= 0.3 is 0 Å². The molecule has 1 N–H and O–H groups in total. The SMILES string of the molecule is O=C(CCC1CCCC1)Nc1cccc(-c2cn3cccnc3n2)c1. The van der Waals surface area contributed by atoms with Crippen molar-refractivity contribution in [1.82, 2.24) is 14.4 Å². The van der Waals surface area contributed by atoms with Crippen LogP contribution >= 0.6 is 0 Å². The van der Waals surface area contributed by atoms with E-state index in [1.807, 2.05) is 47.1 Å². The van der Waals surface area contributed by atoms with E-state index in [0.717, 1.165) is 29.3 Å². The minimum atomic E-state index is 0.0979. The Morgan fingerprint density at radius 2 is 2.12 bits per heavy atom. The van der Waals surface area contributed by atoms with Crippen LogP contribution in [0.1, 0.15) is 38.5 Å². The lowest BCUT2D eigenvalue weighted by molar-refractivity contribution is -0.116. The number of nitrogens with zero attached hydrogens (tertiary/aromatic N) is 3. The normalized spacial score (nSPS) is 14.9. The van der Waals surface area contributed by atoms with Gasteiger partial charge < -0.3 is 5.32 Å². The maximum Gasteiger partial charge on any atom is 0.234 e. The number of hydrogen-bond acceptors (Lipinski definition) is 3. The zero-order valence-electron chi connectivity index (χ0n) is 14.2. The molecule has 0 bridgehead atoms. The van der Waals surface area contributed by atoms with E-state index in [1.54, 1.807) is 6.20 Å². The summed E-state index contributed by atoms with van der Waals surface area (Å²) in [5.74, 6) is 1.51. The maximum absolute atomic E-state index is 12.2. The molecule has 0 radical (unpaired) electrons. The Bertz CT molecular complexity index is 847. The van der Waals surface area contributed by atoms with Crippen LogP contribution in [0.3, 0.4) is 0 Å². The van der Waals surface area contributed by atoms with Crippen LogP contribution in [0.25, 0.3) is 17.0 Å². The quantitative estimate of drug-likeness (QED) is 0.756. The van der Waals surface area contributed by atoms with Gasteiger partial charge in [0.25, 0.3) is 0 Å². The molecular weight excluding hydrogens is 312 g/mol. The molecule has 4 rings (SSSR count). The Labute approximate surface area is 147 Å². The highest BCUT2D eigenvalue weighted by atomic mass is 16.1. The molecule has 1 aliphatic carbocycles. The second kappa shape index (κ2) is 7.05. The fourth-order valence-electron chi connectivity index (χ4n) is 3.58. The molecule has 25 heavy (non-hydrogen) atoms. The van der Waals surface area contributed by atoms with E-state index in [4.69, 9.17) is 0 Å². The number of fused-ring (bicyclic) bond motifs is 1. The van der Waals surface area contributed by atoms with Gasteiger partial charge in [-0.2, -0.15) is 0 Å². The van der Waals surface area contributed by atoms with Gasteiger partial charge in [0.05, 0.1) is 5.69 Å². The van der Waals surface area contributed by atoms with Crippen molar-refractivity contribution in [2.45, 2.75) is 38.5 Å². The summed E-state index contributed by atoms with van der Waals surface area (Å²) in [6, 6.07) is 9.70. The average molecular weight is 334 g/mol. The molecule has 0 atom stereocenters. The van der Waals surface area contributed by atoms with Crippen LogP contribution in [0.5, 0.6) is 0 Å². The minimum Gasteiger partial charge on any atom is -0.326 e. The summed E-state index contributed by atoms with van der Waals surface area (Å²) in [5.41, 5.74) is 2.64. The van der Waals surface area contributed by atoms with Crippen LogP contribution in [0.15, 0.2) is 48.9 Å². The van der Waals surface area contributed by atoms with Gasteiger partial charge in [0, 0.05) is 36.3 Å². The van der Waals surface area contributed by atoms with E-state index in [-0.39, 0.29) is 5.91 Å². The fraction of sp³-hybridized carbons (Fsp3) is 0.350. The number of rotatable bonds is 5. The van der Waals surface area contributed by atoms with E-state index < -0.39 is 0 Å². The largest absolute Gasteiger partial charge is 0.326 e. The first kappa shape index (κ1) is 15.8. The zero-order valence-corrected chi connectivity index (χ0v) is 14.2. The van der Waals surface area contributed by atoms with Gasteiger partial charge in [-0.25, -0.2) is 9.97 Å². The number of carbonyl (C=O) groups is 1. The van der Waals surface area contributed by atoms with Crippen LogP contribution in [-0.2, 0) is 4.79 Å². The molecule has 2 heterocycles. The third-order valence-corrected chi connectivity index (χ3v) is 4.93. The molecular formula is C20H22N4O. The van der Waals surface area contributed by atoms with Gasteiger partial charge in [-0.05, 0) is 30.5 Å². The van der Waals surface area contributed by atoms with Crippen molar-refractivity contribution in [2.24, 2.45) is 5.92 Å². The first-order valence-electron chi connectivity index (χ1n) is 8.98. The highest BCUT2D eigenvalue weighted by Crippen LogP contribution is 2.28. The standard InChI is InChI=1S/C20H22N4O/c25-19(10-9-15-5-1-2-6-15)22-17-8-3-7-16(13-17)18-14-24-12-4-11-21-20(24)23-18/h3-4,7-8,11-15H,1-2,5-6,9-10H2,(H,22,25). The number of carbonyl (C=O) groups excluding carboxylic acids is 1. The highest BCUT2D eigenvalue weighted by molar-refractivity contribution is 5.91. The van der Waals surface area contributed by atoms with Gasteiger partial charge in [-0.1, -0.05) is 37.8 Å². The summed E-state index contributed by atoms with van der Waals surface area (Å²) < 4.78 is 1.89. The summed E-state index contributed by atoms with van der Waals surface area (Å²) in [6.07, 6.45) is 12.4. The minimum absolute atomic E-state index is 0.0979. The third-order valence-electron chi connectivity index (χ3n) is 4.93. The summed E-state index contributed by atoms with van der Waals surface area (Å²) in [5, 5.41) is 3.02. The van der Waals surface area contributed by atoms with Crippen molar-refractivity contribution >= 4 is 17.4 Å². The summed E-state index contributed by atoms with van der Waals surface area (Å²) in [4.78, 5) is 21.0. The topological polar surface area (TPSA) is 59.3 Å². The maximum atomic E-state index is 12.2. The second-order valence-corrected chi connectivity index (χ2v) is 6.77. The molecule has 0 aliphatic heterocycles. The molecule has 5 nitrogen and oxygen atoms in total. The summed E-state index contributed by atoms with van der Waals surface area (Å²) in [6.45, 7) is 0. The Hall–Kier alpha value is -2.69. The van der Waals surface area contributed by atoms with Crippen molar-refractivity contribution in [3.8, 4) is 11.3 Å². The number of nitrogens with one attached hydrogen (secondary N) is 1. The van der Waals surface area contributed by atoms with Crippen LogP contribution in [0.4, 0.5) is 5.69 Å². The van der Waals surface area contributed by atoms with Crippen molar-refractivity contribution in [3.05, 3.63) is 48.9 Å². The Balaban J connectivity index is 1.44. The van der Waals surface area contributed by atoms with Crippen molar-refractivity contribution < 1.29 is 4.79 Å². The van der Waals surface area contributed by atoms with E-state index in [9.17, 15) is 4.79 Å².